The molecule has 1 amide bonds. The molecule has 0 atom stereocenters. The molecular weight excluding hydrogens is 470 g/mol. The number of hydrogen-bond donors (Lipinski definition) is 1. The number of carbonyl (C=O) groups excluding carboxylic acids is 1. The molecule has 0 radical (unpaired) electrons. The number of nitrogens with one attached hydrogen (secondary N) is 1. The highest BCUT2D eigenvalue weighted by atomic mass is 32.3. The quantitative estimate of drug-likeness (QED) is 0.365. The minimum Gasteiger partial charge on any atom is -0.496 e. The molecule has 190 valence electrons. The van der Waals surface area contributed by atoms with E-state index in [1.165, 1.54) is 33.0 Å². The van der Waals surface area contributed by atoms with Crippen molar-refractivity contribution in [3.63, 3.8) is 0 Å². The summed E-state index contributed by atoms with van der Waals surface area (Å²) >= 11 is 0. The van der Waals surface area contributed by atoms with Crippen molar-refractivity contribution in [1.29, 1.82) is 0 Å². The molecule has 8 nitrogen and oxygen atoms in total. The van der Waals surface area contributed by atoms with Crippen LogP contribution in [0.4, 0.5) is 5.69 Å². The number of aryl methyl sites for hydroxylation is 1. The van der Waals surface area contributed by atoms with E-state index in [1.807, 2.05) is 18.2 Å². The predicted molar refractivity (Wildman–Crippen MR) is 140 cm³/mol. The predicted octanol–water partition coefficient (Wildman–Crippen LogP) is 5.60. The Hall–Kier alpha value is -3.46. The first-order valence-corrected chi connectivity index (χ1v) is 13.9. The second-order valence-corrected chi connectivity index (χ2v) is 13.2. The number of methoxy groups -OCH3 is 4. The van der Waals surface area contributed by atoms with Gasteiger partial charge in [-0.3, -0.25) is 4.79 Å². The summed E-state index contributed by atoms with van der Waals surface area (Å²) in [4.78, 5) is 12.9. The zero-order valence-corrected chi connectivity index (χ0v) is 22.0. The Labute approximate surface area is 207 Å². The maximum atomic E-state index is 12.9. The monoisotopic (exact) mass is 503 g/mol. The van der Waals surface area contributed by atoms with Gasteiger partial charge in [0, 0.05) is 18.2 Å². The lowest BCUT2D eigenvalue weighted by atomic mass is 10.1. The summed E-state index contributed by atoms with van der Waals surface area (Å²) in [7, 11) is 5.52. The van der Waals surface area contributed by atoms with Gasteiger partial charge in [0.2, 0.25) is 0 Å². The van der Waals surface area contributed by atoms with E-state index >= 15 is 0 Å². The van der Waals surface area contributed by atoms with Crippen molar-refractivity contribution in [2.45, 2.75) is 6.42 Å². The van der Waals surface area contributed by atoms with Gasteiger partial charge in [-0.2, -0.15) is 0 Å². The van der Waals surface area contributed by atoms with Crippen molar-refractivity contribution < 1.29 is 32.9 Å². The van der Waals surface area contributed by atoms with E-state index in [2.05, 4.69) is 24.1 Å². The minimum absolute atomic E-state index is 0.0589. The number of carbonyl (C=O) groups is 1. The van der Waals surface area contributed by atoms with Crippen LogP contribution in [0, 0.1) is 0 Å². The van der Waals surface area contributed by atoms with E-state index in [-0.39, 0.29) is 11.7 Å². The van der Waals surface area contributed by atoms with Gasteiger partial charge in [0.25, 0.3) is 11.9 Å². The number of hydrogen-bond acceptors (Lipinski definition) is 7. The molecule has 3 rings (SSSR count). The van der Waals surface area contributed by atoms with Crippen molar-refractivity contribution in [2.24, 2.45) is 0 Å². The Kier molecular flexibility index (Phi) is 8.45. The molecule has 1 N–H and O–H groups in total. The fourth-order valence-corrected chi connectivity index (χ4v) is 4.13. The van der Waals surface area contributed by atoms with E-state index in [4.69, 9.17) is 28.1 Å². The van der Waals surface area contributed by atoms with Gasteiger partial charge in [-0.1, -0.05) is 6.07 Å². The Bertz CT molecular complexity index is 1140. The summed E-state index contributed by atoms with van der Waals surface area (Å²) < 4.78 is 33.0. The Morgan fingerprint density at radius 3 is 2.06 bits per heavy atom. The van der Waals surface area contributed by atoms with Crippen LogP contribution in [0.5, 0.6) is 34.7 Å². The SMILES string of the molecule is COc1cc(OC)c(NC(=O)c2ccc(Oc3ccc(CCS(C)(C)C)cc3OC)o2)c(OC)c1. The van der Waals surface area contributed by atoms with Crippen LogP contribution in [-0.4, -0.2) is 58.9 Å². The number of anilines is 1. The second-order valence-electron chi connectivity index (χ2n) is 8.61. The van der Waals surface area contributed by atoms with E-state index in [0.717, 1.165) is 12.2 Å². The molecule has 9 heteroatoms. The maximum Gasteiger partial charge on any atom is 0.291 e. The molecule has 0 aliphatic rings. The molecule has 1 heterocycles. The van der Waals surface area contributed by atoms with Gasteiger partial charge >= 0.3 is 0 Å². The first-order chi connectivity index (χ1) is 16.7. The van der Waals surface area contributed by atoms with E-state index in [9.17, 15) is 4.79 Å². The Balaban J connectivity index is 1.75. The lowest BCUT2D eigenvalue weighted by Gasteiger charge is -2.25. The zero-order valence-electron chi connectivity index (χ0n) is 21.2. The molecule has 2 aromatic carbocycles. The van der Waals surface area contributed by atoms with Crippen molar-refractivity contribution in [2.75, 3.05) is 58.3 Å². The summed E-state index contributed by atoms with van der Waals surface area (Å²) in [5.74, 6) is 3.26. The molecule has 35 heavy (non-hydrogen) atoms. The summed E-state index contributed by atoms with van der Waals surface area (Å²) in [5.41, 5.74) is 1.53. The molecule has 1 aromatic heterocycles. The Morgan fingerprint density at radius 1 is 0.829 bits per heavy atom. The minimum atomic E-state index is -0.588. The average molecular weight is 504 g/mol. The van der Waals surface area contributed by atoms with Crippen LogP contribution < -0.4 is 29.0 Å². The molecular formula is C26H33NO7S. The molecule has 3 aromatic rings. The smallest absolute Gasteiger partial charge is 0.291 e. The van der Waals surface area contributed by atoms with Gasteiger partial charge in [-0.05, 0) is 54.7 Å². The van der Waals surface area contributed by atoms with Gasteiger partial charge in [0.15, 0.2) is 17.3 Å². The third kappa shape index (κ3) is 6.79. The highest BCUT2D eigenvalue weighted by molar-refractivity contribution is 8.32. The van der Waals surface area contributed by atoms with Crippen LogP contribution in [0.3, 0.4) is 0 Å². The normalized spacial score (nSPS) is 11.5. The van der Waals surface area contributed by atoms with Gasteiger partial charge < -0.3 is 33.4 Å². The summed E-state index contributed by atoms with van der Waals surface area (Å²) in [6.07, 6.45) is 7.87. The molecule has 0 fully saturated rings. The fourth-order valence-electron chi connectivity index (χ4n) is 3.29. The fraction of sp³-hybridized carbons (Fsp3) is 0.346. The van der Waals surface area contributed by atoms with Crippen LogP contribution in [0.15, 0.2) is 46.9 Å². The molecule has 0 spiro atoms. The van der Waals surface area contributed by atoms with E-state index < -0.39 is 15.9 Å². The highest BCUT2D eigenvalue weighted by Gasteiger charge is 2.20. The number of ether oxygens (including phenoxy) is 5. The first kappa shape index (κ1) is 26.2. The molecule has 0 saturated carbocycles. The number of rotatable bonds is 11. The molecule has 0 aliphatic heterocycles. The van der Waals surface area contributed by atoms with Crippen LogP contribution in [0.1, 0.15) is 16.1 Å². The molecule has 0 saturated heterocycles. The summed E-state index contributed by atoms with van der Waals surface area (Å²) in [5, 5.41) is 2.77. The van der Waals surface area contributed by atoms with Gasteiger partial charge in [-0.15, -0.1) is 0 Å². The van der Waals surface area contributed by atoms with Gasteiger partial charge in [0.05, 0.1) is 28.4 Å². The zero-order chi connectivity index (χ0) is 25.6. The van der Waals surface area contributed by atoms with Crippen LogP contribution >= 0.6 is 10.0 Å². The highest BCUT2D eigenvalue weighted by Crippen LogP contribution is 2.40. The van der Waals surface area contributed by atoms with Crippen LogP contribution in [-0.2, 0) is 6.42 Å². The number of furan rings is 1. The van der Waals surface area contributed by atoms with Crippen molar-refractivity contribution in [3.05, 3.63) is 53.8 Å². The largest absolute Gasteiger partial charge is 0.496 e. The van der Waals surface area contributed by atoms with Gasteiger partial charge in [-0.25, -0.2) is 10.0 Å². The Morgan fingerprint density at radius 2 is 1.49 bits per heavy atom. The average Bonchev–Trinajstić information content (AvgIpc) is 3.31. The lowest BCUT2D eigenvalue weighted by Crippen LogP contribution is -2.13. The van der Waals surface area contributed by atoms with E-state index in [0.29, 0.717) is 34.4 Å². The lowest BCUT2D eigenvalue weighted by molar-refractivity contribution is 0.0991. The number of benzene rings is 2. The van der Waals surface area contributed by atoms with Crippen LogP contribution in [0.25, 0.3) is 0 Å². The molecule has 0 unspecified atom stereocenters. The third-order valence-electron chi connectivity index (χ3n) is 5.20. The van der Waals surface area contributed by atoms with Crippen molar-refractivity contribution >= 4 is 21.6 Å². The first-order valence-electron chi connectivity index (χ1n) is 10.9. The summed E-state index contributed by atoms with van der Waals surface area (Å²) in [6, 6.07) is 12.2. The topological polar surface area (TPSA) is 88.4 Å². The maximum absolute atomic E-state index is 12.9. The van der Waals surface area contributed by atoms with Crippen LogP contribution in [0.2, 0.25) is 0 Å². The molecule has 0 bridgehead atoms. The molecule has 0 aliphatic carbocycles. The second kappa shape index (κ2) is 11.3. The standard InChI is InChI=1S/C26H33NO7S/c1-29-18-15-22(31-3)25(23(16-18)32-4)27-26(28)20-10-11-24(34-20)33-19-9-8-17(14-21(19)30-2)12-13-35(5,6)7/h8-11,14-16H,12-13H2,1-7H3,(H,27,28). The van der Waals surface area contributed by atoms with Crippen molar-refractivity contribution in [3.8, 4) is 34.7 Å². The van der Waals surface area contributed by atoms with E-state index in [1.54, 1.807) is 25.3 Å². The van der Waals surface area contributed by atoms with Gasteiger partial charge in [0.1, 0.15) is 22.9 Å². The summed E-state index contributed by atoms with van der Waals surface area (Å²) in [6.45, 7) is 0. The van der Waals surface area contributed by atoms with Crippen molar-refractivity contribution in [1.82, 2.24) is 0 Å². The third-order valence-corrected chi connectivity index (χ3v) is 6.63. The number of amides is 1.